The van der Waals surface area contributed by atoms with Gasteiger partial charge in [-0.1, -0.05) is 18.2 Å². The van der Waals surface area contributed by atoms with Crippen molar-refractivity contribution in [3.63, 3.8) is 0 Å². The molecule has 1 amide bonds. The largest absolute Gasteiger partial charge is 0.379 e. The second-order valence-corrected chi connectivity index (χ2v) is 9.03. The highest BCUT2D eigenvalue weighted by atomic mass is 32.2. The third-order valence-electron chi connectivity index (χ3n) is 4.89. The first-order valence-corrected chi connectivity index (χ1v) is 11.2. The minimum absolute atomic E-state index is 0.0627. The van der Waals surface area contributed by atoms with Crippen molar-refractivity contribution in [3.8, 4) is 0 Å². The lowest BCUT2D eigenvalue weighted by Gasteiger charge is -2.30. The minimum Gasteiger partial charge on any atom is -0.379 e. The first kappa shape index (κ1) is 22.4. The Morgan fingerprint density at radius 2 is 1.80 bits per heavy atom. The third-order valence-corrected chi connectivity index (χ3v) is 6.75. The van der Waals surface area contributed by atoms with Gasteiger partial charge in [0.25, 0.3) is 0 Å². The van der Waals surface area contributed by atoms with E-state index in [0.29, 0.717) is 31.0 Å². The van der Waals surface area contributed by atoms with E-state index in [4.69, 9.17) is 4.74 Å². The van der Waals surface area contributed by atoms with Gasteiger partial charge in [-0.05, 0) is 30.3 Å². The molecule has 2 aromatic carbocycles. The fourth-order valence-corrected chi connectivity index (χ4v) is 4.65. The van der Waals surface area contributed by atoms with Gasteiger partial charge in [0.1, 0.15) is 5.82 Å². The zero-order chi connectivity index (χ0) is 21.6. The molecule has 1 aliphatic rings. The number of ether oxygens (including phenoxy) is 1. The number of benzene rings is 2. The van der Waals surface area contributed by atoms with Crippen LogP contribution in [0.15, 0.2) is 53.4 Å². The molecule has 0 saturated carbocycles. The lowest BCUT2D eigenvalue weighted by atomic mass is 10.2. The number of hydrogen-bond acceptors (Lipinski definition) is 5. The summed E-state index contributed by atoms with van der Waals surface area (Å²) in [5, 5.41) is 2.61. The molecule has 0 atom stereocenters. The van der Waals surface area contributed by atoms with Crippen molar-refractivity contribution >= 4 is 21.6 Å². The number of rotatable bonds is 8. The molecule has 1 N–H and O–H groups in total. The number of nitrogens with one attached hydrogen (secondary N) is 1. The molecule has 30 heavy (non-hydrogen) atoms. The first-order chi connectivity index (χ1) is 14.4. The highest BCUT2D eigenvalue weighted by Crippen LogP contribution is 2.21. The van der Waals surface area contributed by atoms with Gasteiger partial charge in [0.2, 0.25) is 15.9 Å². The maximum atomic E-state index is 14.2. The highest BCUT2D eigenvalue weighted by molar-refractivity contribution is 7.89. The molecule has 1 fully saturated rings. The van der Waals surface area contributed by atoms with Gasteiger partial charge in [-0.3, -0.25) is 9.69 Å². The zero-order valence-corrected chi connectivity index (χ0v) is 17.7. The van der Waals surface area contributed by atoms with Gasteiger partial charge in [-0.25, -0.2) is 12.8 Å². The smallest absolute Gasteiger partial charge is 0.243 e. The molecule has 0 unspecified atom stereocenters. The summed E-state index contributed by atoms with van der Waals surface area (Å²) >= 11 is 0. The number of nitrogens with zero attached hydrogens (tertiary/aromatic N) is 2. The summed E-state index contributed by atoms with van der Waals surface area (Å²) in [5.74, 6) is -0.678. The predicted molar refractivity (Wildman–Crippen MR) is 112 cm³/mol. The Morgan fingerprint density at radius 1 is 1.13 bits per heavy atom. The molecule has 1 aliphatic heterocycles. The van der Waals surface area contributed by atoms with E-state index in [1.807, 2.05) is 0 Å². The summed E-state index contributed by atoms with van der Waals surface area (Å²) in [4.78, 5) is 13.4. The van der Waals surface area contributed by atoms with Gasteiger partial charge in [-0.15, -0.1) is 0 Å². The van der Waals surface area contributed by atoms with Crippen LogP contribution >= 0.6 is 0 Å². The van der Waals surface area contributed by atoms with Gasteiger partial charge in [0.15, 0.2) is 0 Å². The van der Waals surface area contributed by atoms with Gasteiger partial charge >= 0.3 is 0 Å². The van der Waals surface area contributed by atoms with Crippen molar-refractivity contribution in [3.05, 3.63) is 59.9 Å². The van der Waals surface area contributed by atoms with E-state index < -0.39 is 15.8 Å². The number of amides is 1. The van der Waals surface area contributed by atoms with Gasteiger partial charge < -0.3 is 10.1 Å². The number of carbonyl (C=O) groups is 1. The number of anilines is 1. The van der Waals surface area contributed by atoms with Gasteiger partial charge in [0.05, 0.1) is 18.1 Å². The van der Waals surface area contributed by atoms with Crippen LogP contribution in [0.4, 0.5) is 10.1 Å². The monoisotopic (exact) mass is 435 g/mol. The lowest BCUT2D eigenvalue weighted by Crippen LogP contribution is -2.43. The van der Waals surface area contributed by atoms with Crippen molar-refractivity contribution in [2.24, 2.45) is 0 Å². The molecule has 9 heteroatoms. The SMILES string of the molecule is CC(=O)Nc1ccc(S(=O)(=O)N(CCN2CCOCC2)Cc2ccccc2F)cc1. The number of sulfonamides is 1. The van der Waals surface area contributed by atoms with Crippen molar-refractivity contribution in [2.45, 2.75) is 18.4 Å². The predicted octanol–water partition coefficient (Wildman–Crippen LogP) is 2.31. The molecule has 0 aromatic heterocycles. The fourth-order valence-electron chi connectivity index (χ4n) is 3.24. The molecule has 3 rings (SSSR count). The molecule has 0 aliphatic carbocycles. The van der Waals surface area contributed by atoms with Crippen molar-refractivity contribution < 1.29 is 22.3 Å². The Bertz CT molecular complexity index is 960. The summed E-state index contributed by atoms with van der Waals surface area (Å²) in [7, 11) is -3.87. The first-order valence-electron chi connectivity index (χ1n) is 9.77. The number of carbonyl (C=O) groups excluding carboxylic acids is 1. The van der Waals surface area contributed by atoms with Crippen molar-refractivity contribution in [1.29, 1.82) is 0 Å². The summed E-state index contributed by atoms with van der Waals surface area (Å²) in [6, 6.07) is 12.2. The van der Waals surface area contributed by atoms with E-state index in [-0.39, 0.29) is 23.9 Å². The van der Waals surface area contributed by atoms with Crippen LogP contribution in [0.3, 0.4) is 0 Å². The number of hydrogen-bond donors (Lipinski definition) is 1. The average Bonchev–Trinajstić information content (AvgIpc) is 2.73. The van der Waals surface area contributed by atoms with Crippen LogP contribution < -0.4 is 5.32 Å². The Kier molecular flexibility index (Phi) is 7.54. The summed E-state index contributed by atoms with van der Waals surface area (Å²) < 4.78 is 47.5. The summed E-state index contributed by atoms with van der Waals surface area (Å²) in [6.45, 7) is 4.78. The van der Waals surface area contributed by atoms with Crippen LogP contribution in [0.25, 0.3) is 0 Å². The third kappa shape index (κ3) is 5.85. The van der Waals surface area contributed by atoms with Crippen LogP contribution in [0, 0.1) is 5.82 Å². The van der Waals surface area contributed by atoms with Crippen molar-refractivity contribution in [1.82, 2.24) is 9.21 Å². The molecule has 0 bridgehead atoms. The molecule has 1 heterocycles. The van der Waals surface area contributed by atoms with Gasteiger partial charge in [-0.2, -0.15) is 4.31 Å². The Balaban J connectivity index is 1.82. The standard InChI is InChI=1S/C21H26FN3O4S/c1-17(26)23-19-6-8-20(9-7-19)30(27,28)25(11-10-24-12-14-29-15-13-24)16-18-4-2-3-5-21(18)22/h2-9H,10-16H2,1H3,(H,23,26). The molecule has 1 saturated heterocycles. The topological polar surface area (TPSA) is 79.0 Å². The Labute approximate surface area is 176 Å². The zero-order valence-electron chi connectivity index (χ0n) is 16.9. The maximum Gasteiger partial charge on any atom is 0.243 e. The van der Waals surface area contributed by atoms with Crippen LogP contribution in [0.2, 0.25) is 0 Å². The minimum atomic E-state index is -3.87. The molecular weight excluding hydrogens is 409 g/mol. The Hall–Kier alpha value is -2.33. The maximum absolute atomic E-state index is 14.2. The normalized spacial score (nSPS) is 15.3. The molecule has 7 nitrogen and oxygen atoms in total. The molecule has 0 spiro atoms. The Morgan fingerprint density at radius 3 is 2.43 bits per heavy atom. The van der Waals surface area contributed by atoms with Crippen LogP contribution in [0.5, 0.6) is 0 Å². The summed E-state index contributed by atoms with van der Waals surface area (Å²) in [5.41, 5.74) is 0.827. The fraction of sp³-hybridized carbons (Fsp3) is 0.381. The van der Waals surface area contributed by atoms with E-state index in [2.05, 4.69) is 10.2 Å². The second-order valence-electron chi connectivity index (χ2n) is 7.09. The molecule has 162 valence electrons. The van der Waals surface area contributed by atoms with E-state index in [1.165, 1.54) is 41.6 Å². The van der Waals surface area contributed by atoms with E-state index >= 15 is 0 Å². The number of halogens is 1. The van der Waals surface area contributed by atoms with Crippen LogP contribution in [-0.4, -0.2) is 62.9 Å². The highest BCUT2D eigenvalue weighted by Gasteiger charge is 2.26. The van der Waals surface area contributed by atoms with Crippen LogP contribution in [0.1, 0.15) is 12.5 Å². The average molecular weight is 436 g/mol. The van der Waals surface area contributed by atoms with E-state index in [1.54, 1.807) is 18.2 Å². The quantitative estimate of drug-likeness (QED) is 0.689. The molecule has 0 radical (unpaired) electrons. The molecule has 2 aromatic rings. The van der Waals surface area contributed by atoms with Crippen LogP contribution in [-0.2, 0) is 26.1 Å². The van der Waals surface area contributed by atoms with Gasteiger partial charge in [0, 0.05) is 50.9 Å². The van der Waals surface area contributed by atoms with Crippen molar-refractivity contribution in [2.75, 3.05) is 44.7 Å². The second kappa shape index (κ2) is 10.1. The van der Waals surface area contributed by atoms with E-state index in [9.17, 15) is 17.6 Å². The summed E-state index contributed by atoms with van der Waals surface area (Å²) in [6.07, 6.45) is 0. The molecular formula is C21H26FN3O4S. The lowest BCUT2D eigenvalue weighted by molar-refractivity contribution is -0.114. The number of morpholine rings is 1. The van der Waals surface area contributed by atoms with E-state index in [0.717, 1.165) is 13.1 Å².